The minimum absolute atomic E-state index is 0.379. The van der Waals surface area contributed by atoms with E-state index in [0.717, 1.165) is 25.8 Å². The Kier molecular flexibility index (Phi) is 5.64. The van der Waals surface area contributed by atoms with E-state index in [1.165, 1.54) is 6.42 Å². The van der Waals surface area contributed by atoms with Crippen LogP contribution in [-0.4, -0.2) is 32.6 Å². The van der Waals surface area contributed by atoms with Crippen LogP contribution in [0.15, 0.2) is 14.7 Å². The van der Waals surface area contributed by atoms with Gasteiger partial charge in [0.25, 0.3) is 0 Å². The van der Waals surface area contributed by atoms with Gasteiger partial charge in [-0.2, -0.15) is 4.98 Å². The van der Waals surface area contributed by atoms with Gasteiger partial charge in [0.2, 0.25) is 0 Å². The monoisotopic (exact) mass is 312 g/mol. The molecule has 0 bridgehead atoms. The van der Waals surface area contributed by atoms with Crippen LogP contribution in [0.5, 0.6) is 0 Å². The van der Waals surface area contributed by atoms with Crippen molar-refractivity contribution in [3.63, 3.8) is 0 Å². The van der Waals surface area contributed by atoms with Crippen LogP contribution in [0.1, 0.15) is 39.5 Å². The molecule has 1 fully saturated rings. The van der Waals surface area contributed by atoms with Gasteiger partial charge < -0.3 is 5.32 Å². The van der Waals surface area contributed by atoms with Gasteiger partial charge in [0.15, 0.2) is 5.16 Å². The van der Waals surface area contributed by atoms with Crippen LogP contribution in [-0.2, 0) is 7.05 Å². The van der Waals surface area contributed by atoms with Crippen molar-refractivity contribution < 1.29 is 0 Å². The topological polar surface area (TPSA) is 79.8 Å². The number of hydrogen-bond acceptors (Lipinski definition) is 5. The molecule has 1 aliphatic carbocycles. The summed E-state index contributed by atoms with van der Waals surface area (Å²) >= 11 is 1.60. The second-order valence-corrected chi connectivity index (χ2v) is 7.04. The number of H-pyrrole nitrogens is 1. The molecule has 118 valence electrons. The second-order valence-electron chi connectivity index (χ2n) is 5.83. The average molecular weight is 312 g/mol. The predicted molar refractivity (Wildman–Crippen MR) is 84.8 cm³/mol. The smallest absolute Gasteiger partial charge is 0.313 e. The molecule has 2 rings (SSSR count). The quantitative estimate of drug-likeness (QED) is 0.796. The number of aromatic amines is 1. The van der Waals surface area contributed by atoms with Crippen molar-refractivity contribution in [2.45, 2.75) is 56.0 Å². The van der Waals surface area contributed by atoms with E-state index in [9.17, 15) is 9.59 Å². The van der Waals surface area contributed by atoms with Gasteiger partial charge in [-0.15, -0.1) is 0 Å². The van der Waals surface area contributed by atoms with Crippen molar-refractivity contribution in [3.05, 3.63) is 20.7 Å². The molecule has 0 spiro atoms. The molecular weight excluding hydrogens is 288 g/mol. The van der Waals surface area contributed by atoms with Crippen molar-refractivity contribution >= 4 is 11.8 Å². The van der Waals surface area contributed by atoms with Gasteiger partial charge in [-0.25, -0.2) is 0 Å². The average Bonchev–Trinajstić information content (AvgIpc) is 2.44. The third-order valence-electron chi connectivity index (χ3n) is 3.91. The van der Waals surface area contributed by atoms with Crippen molar-refractivity contribution in [1.29, 1.82) is 0 Å². The standard InChI is InChI=1S/C14H24N4O2S/c1-4-7-15-10-6-5-9(2)8-11(10)21-14-16-12(19)13(20)17-18(14)3/h9-11,15H,4-8H2,1-3H3,(H,17,20). The third-order valence-corrected chi connectivity index (χ3v) is 5.31. The van der Waals surface area contributed by atoms with Gasteiger partial charge in [0.1, 0.15) is 0 Å². The van der Waals surface area contributed by atoms with Gasteiger partial charge >= 0.3 is 11.1 Å². The molecule has 0 amide bonds. The number of aromatic nitrogens is 3. The van der Waals surface area contributed by atoms with E-state index in [2.05, 4.69) is 29.2 Å². The van der Waals surface area contributed by atoms with E-state index in [-0.39, 0.29) is 0 Å². The highest BCUT2D eigenvalue weighted by atomic mass is 32.2. The number of rotatable bonds is 5. The van der Waals surface area contributed by atoms with E-state index in [4.69, 9.17) is 0 Å². The minimum atomic E-state index is -0.711. The van der Waals surface area contributed by atoms with Gasteiger partial charge in [-0.05, 0) is 38.1 Å². The van der Waals surface area contributed by atoms with Gasteiger partial charge in [-0.3, -0.25) is 19.4 Å². The largest absolute Gasteiger partial charge is 0.339 e. The maximum absolute atomic E-state index is 11.5. The molecule has 0 radical (unpaired) electrons. The summed E-state index contributed by atoms with van der Waals surface area (Å²) in [5.41, 5.74) is -1.38. The summed E-state index contributed by atoms with van der Waals surface area (Å²) < 4.78 is 1.55. The minimum Gasteiger partial charge on any atom is -0.313 e. The fourth-order valence-electron chi connectivity index (χ4n) is 2.72. The first-order valence-electron chi connectivity index (χ1n) is 7.58. The molecule has 0 saturated heterocycles. The SMILES string of the molecule is CCCNC1CCC(C)CC1Sc1nc(=O)c(=O)[nH]n1C. The zero-order chi connectivity index (χ0) is 15.4. The molecule has 0 aromatic carbocycles. The van der Waals surface area contributed by atoms with Crippen LogP contribution in [0.2, 0.25) is 0 Å². The predicted octanol–water partition coefficient (Wildman–Crippen LogP) is 1.12. The molecule has 21 heavy (non-hydrogen) atoms. The molecule has 7 heteroatoms. The maximum atomic E-state index is 11.5. The van der Waals surface area contributed by atoms with Gasteiger partial charge in [0, 0.05) is 18.3 Å². The van der Waals surface area contributed by atoms with Crippen LogP contribution >= 0.6 is 11.8 Å². The van der Waals surface area contributed by atoms with Crippen LogP contribution in [0.3, 0.4) is 0 Å². The fourth-order valence-corrected chi connectivity index (χ4v) is 4.16. The summed E-state index contributed by atoms with van der Waals surface area (Å²) in [7, 11) is 1.72. The molecule has 1 aromatic heterocycles. The highest BCUT2D eigenvalue weighted by Gasteiger charge is 2.30. The molecule has 0 aliphatic heterocycles. The Balaban J connectivity index is 2.15. The summed E-state index contributed by atoms with van der Waals surface area (Å²) in [6.45, 7) is 5.44. The molecule has 3 unspecified atom stereocenters. The number of hydrogen-bond donors (Lipinski definition) is 2. The van der Waals surface area contributed by atoms with E-state index >= 15 is 0 Å². The van der Waals surface area contributed by atoms with Crippen LogP contribution in [0.25, 0.3) is 0 Å². The first-order chi connectivity index (χ1) is 10.0. The Morgan fingerprint density at radius 3 is 2.90 bits per heavy atom. The highest BCUT2D eigenvalue weighted by Crippen LogP contribution is 2.35. The van der Waals surface area contributed by atoms with Crippen molar-refractivity contribution in [3.8, 4) is 0 Å². The Labute approximate surface area is 128 Å². The molecule has 1 aromatic rings. The molecular formula is C14H24N4O2S. The Morgan fingerprint density at radius 2 is 2.19 bits per heavy atom. The summed E-state index contributed by atoms with van der Waals surface area (Å²) in [4.78, 5) is 26.6. The summed E-state index contributed by atoms with van der Waals surface area (Å²) in [6.07, 6.45) is 4.59. The zero-order valence-corrected chi connectivity index (χ0v) is 13.7. The van der Waals surface area contributed by atoms with Crippen molar-refractivity contribution in [2.24, 2.45) is 13.0 Å². The normalized spacial score (nSPS) is 26.0. The van der Waals surface area contributed by atoms with Gasteiger partial charge in [-0.1, -0.05) is 25.6 Å². The number of aryl methyl sites for hydroxylation is 1. The zero-order valence-electron chi connectivity index (χ0n) is 12.9. The van der Waals surface area contributed by atoms with Gasteiger partial charge in [0.05, 0.1) is 0 Å². The summed E-state index contributed by atoms with van der Waals surface area (Å²) in [5, 5.41) is 7.07. The fraction of sp³-hybridized carbons (Fsp3) is 0.786. The van der Waals surface area contributed by atoms with E-state index in [0.29, 0.717) is 22.4 Å². The summed E-state index contributed by atoms with van der Waals surface area (Å²) in [6, 6.07) is 0.440. The molecule has 1 aliphatic rings. The van der Waals surface area contributed by atoms with Crippen molar-refractivity contribution in [2.75, 3.05) is 6.54 Å². The van der Waals surface area contributed by atoms with Crippen LogP contribution in [0.4, 0.5) is 0 Å². The lowest BCUT2D eigenvalue weighted by Gasteiger charge is -2.35. The molecule has 1 heterocycles. The number of nitrogens with zero attached hydrogens (tertiary/aromatic N) is 2. The second kappa shape index (κ2) is 7.26. The molecule has 2 N–H and O–H groups in total. The Hall–Kier alpha value is -1.08. The Bertz CT molecular complexity index is 581. The lowest BCUT2D eigenvalue weighted by molar-refractivity contribution is 0.317. The maximum Gasteiger partial charge on any atom is 0.339 e. The van der Waals surface area contributed by atoms with E-state index < -0.39 is 11.1 Å². The molecule has 3 atom stereocenters. The molecule has 1 saturated carbocycles. The van der Waals surface area contributed by atoms with E-state index in [1.54, 1.807) is 23.5 Å². The number of thioether (sulfide) groups is 1. The first-order valence-corrected chi connectivity index (χ1v) is 8.46. The van der Waals surface area contributed by atoms with Crippen molar-refractivity contribution in [1.82, 2.24) is 20.1 Å². The van der Waals surface area contributed by atoms with E-state index in [1.807, 2.05) is 0 Å². The Morgan fingerprint density at radius 1 is 1.43 bits per heavy atom. The third kappa shape index (κ3) is 4.20. The van der Waals surface area contributed by atoms with Crippen LogP contribution in [0, 0.1) is 5.92 Å². The highest BCUT2D eigenvalue weighted by molar-refractivity contribution is 7.99. The lowest BCUT2D eigenvalue weighted by atomic mass is 9.87. The molecule has 6 nitrogen and oxygen atoms in total. The first kappa shape index (κ1) is 16.3. The number of nitrogens with one attached hydrogen (secondary N) is 2. The lowest BCUT2D eigenvalue weighted by Crippen LogP contribution is -2.43. The van der Waals surface area contributed by atoms with Crippen LogP contribution < -0.4 is 16.4 Å². The summed E-state index contributed by atoms with van der Waals surface area (Å²) in [5.74, 6) is 0.682.